The Kier molecular flexibility index (Phi) is 5.23. The number of carbonyl (C=O) groups is 1. The molecule has 0 fully saturated rings. The number of benzene rings is 2. The van der Waals surface area contributed by atoms with Crippen LogP contribution in [0.5, 0.6) is 11.5 Å². The Balaban J connectivity index is 1.96. The predicted molar refractivity (Wildman–Crippen MR) is 100 cm³/mol. The van der Waals surface area contributed by atoms with Crippen LogP contribution < -0.4 is 10.5 Å². The molecule has 1 heterocycles. The third-order valence-corrected chi connectivity index (χ3v) is 4.26. The Bertz CT molecular complexity index is 1090. The molecule has 7 heteroatoms. The number of hydrogen-bond acceptors (Lipinski definition) is 5. The molecule has 2 aromatic carbocycles. The van der Waals surface area contributed by atoms with E-state index in [1.807, 2.05) is 6.07 Å². The summed E-state index contributed by atoms with van der Waals surface area (Å²) in [5.74, 6) is -1.25. The van der Waals surface area contributed by atoms with E-state index in [1.165, 1.54) is 25.4 Å². The first-order valence-corrected chi connectivity index (χ1v) is 8.28. The highest BCUT2D eigenvalue weighted by molar-refractivity contribution is 5.96. The number of ether oxygens (including phenoxy) is 1. The fraction of sp³-hybridized carbons (Fsp3) is 0.0952. The first-order chi connectivity index (χ1) is 13.4. The molecule has 3 aromatic rings. The quantitative estimate of drug-likeness (QED) is 0.710. The number of methoxy groups -OCH3 is 1. The first kappa shape index (κ1) is 18.9. The number of carbonyl (C=O) groups excluding carboxylic acids is 1. The van der Waals surface area contributed by atoms with Crippen molar-refractivity contribution in [2.75, 3.05) is 7.11 Å². The van der Waals surface area contributed by atoms with E-state index in [9.17, 15) is 19.6 Å². The van der Waals surface area contributed by atoms with E-state index in [4.69, 9.17) is 10.5 Å². The molecular weight excluding hydrogens is 361 g/mol. The molecule has 0 saturated heterocycles. The number of nitrogens with two attached hydrogens (primary N) is 1. The molecule has 0 aliphatic rings. The summed E-state index contributed by atoms with van der Waals surface area (Å²) in [5.41, 5.74) is 7.71. The lowest BCUT2D eigenvalue weighted by Crippen LogP contribution is -2.14. The summed E-state index contributed by atoms with van der Waals surface area (Å²) < 4.78 is 19.1. The molecule has 28 heavy (non-hydrogen) atoms. The number of rotatable bonds is 5. The Morgan fingerprint density at radius 2 is 2.00 bits per heavy atom. The van der Waals surface area contributed by atoms with Crippen LogP contribution in [-0.2, 0) is 6.42 Å². The molecule has 0 aliphatic heterocycles. The van der Waals surface area contributed by atoms with Crippen LogP contribution in [0, 0.1) is 17.1 Å². The van der Waals surface area contributed by atoms with Gasteiger partial charge in [-0.3, -0.25) is 9.78 Å². The van der Waals surface area contributed by atoms with Crippen LogP contribution in [0.25, 0.3) is 11.3 Å². The van der Waals surface area contributed by atoms with Crippen molar-refractivity contribution in [1.29, 1.82) is 5.26 Å². The molecule has 0 unspecified atom stereocenters. The van der Waals surface area contributed by atoms with Crippen LogP contribution >= 0.6 is 0 Å². The number of aromatic hydroxyl groups is 1. The van der Waals surface area contributed by atoms with Crippen molar-refractivity contribution in [3.05, 3.63) is 76.7 Å². The van der Waals surface area contributed by atoms with Gasteiger partial charge >= 0.3 is 0 Å². The summed E-state index contributed by atoms with van der Waals surface area (Å²) in [6.45, 7) is 0. The Morgan fingerprint density at radius 1 is 1.29 bits per heavy atom. The van der Waals surface area contributed by atoms with Crippen molar-refractivity contribution in [2.24, 2.45) is 5.73 Å². The normalized spacial score (nSPS) is 10.3. The van der Waals surface area contributed by atoms with E-state index in [1.54, 1.807) is 24.3 Å². The second-order valence-corrected chi connectivity index (χ2v) is 6.05. The summed E-state index contributed by atoms with van der Waals surface area (Å²) in [5, 5.41) is 19.0. The molecule has 3 rings (SSSR count). The number of halogens is 1. The average Bonchev–Trinajstić information content (AvgIpc) is 2.68. The highest BCUT2D eigenvalue weighted by atomic mass is 19.1. The van der Waals surface area contributed by atoms with Gasteiger partial charge in [0, 0.05) is 23.7 Å². The molecule has 140 valence electrons. The molecule has 0 bridgehead atoms. The molecular formula is C21H16FN3O3. The fourth-order valence-electron chi connectivity index (χ4n) is 2.99. The van der Waals surface area contributed by atoms with E-state index in [0.29, 0.717) is 23.2 Å². The third-order valence-electron chi connectivity index (χ3n) is 4.26. The lowest BCUT2D eigenvalue weighted by Gasteiger charge is -2.13. The molecule has 0 radical (unpaired) electrons. The van der Waals surface area contributed by atoms with Gasteiger partial charge in [0.05, 0.1) is 18.4 Å². The fourth-order valence-corrected chi connectivity index (χ4v) is 2.99. The molecule has 6 nitrogen and oxygen atoms in total. The molecule has 0 aliphatic carbocycles. The van der Waals surface area contributed by atoms with Gasteiger partial charge < -0.3 is 15.6 Å². The molecule has 1 amide bonds. The van der Waals surface area contributed by atoms with E-state index in [2.05, 4.69) is 4.98 Å². The van der Waals surface area contributed by atoms with Crippen LogP contribution in [0.15, 0.2) is 48.7 Å². The summed E-state index contributed by atoms with van der Waals surface area (Å²) in [7, 11) is 1.39. The number of hydrogen-bond donors (Lipinski definition) is 2. The largest absolute Gasteiger partial charge is 0.506 e. The van der Waals surface area contributed by atoms with E-state index in [0.717, 1.165) is 11.6 Å². The summed E-state index contributed by atoms with van der Waals surface area (Å²) in [6, 6.07) is 12.7. The number of nitriles is 1. The molecule has 0 spiro atoms. The zero-order valence-electron chi connectivity index (χ0n) is 14.9. The van der Waals surface area contributed by atoms with Crippen molar-refractivity contribution in [3.63, 3.8) is 0 Å². The van der Waals surface area contributed by atoms with Crippen molar-refractivity contribution in [3.8, 4) is 28.8 Å². The van der Waals surface area contributed by atoms with Crippen molar-refractivity contribution in [1.82, 2.24) is 4.98 Å². The second kappa shape index (κ2) is 7.76. The minimum Gasteiger partial charge on any atom is -0.506 e. The summed E-state index contributed by atoms with van der Waals surface area (Å²) in [4.78, 5) is 15.7. The molecule has 0 saturated carbocycles. The zero-order valence-corrected chi connectivity index (χ0v) is 14.9. The monoisotopic (exact) mass is 377 g/mol. The van der Waals surface area contributed by atoms with Crippen LogP contribution in [0.3, 0.4) is 0 Å². The van der Waals surface area contributed by atoms with Crippen LogP contribution in [0.4, 0.5) is 4.39 Å². The average molecular weight is 377 g/mol. The smallest absolute Gasteiger partial charge is 0.252 e. The summed E-state index contributed by atoms with van der Waals surface area (Å²) in [6.07, 6.45) is 1.72. The Labute approximate surface area is 160 Å². The van der Waals surface area contributed by atoms with E-state index in [-0.39, 0.29) is 22.6 Å². The van der Waals surface area contributed by atoms with Gasteiger partial charge in [0.25, 0.3) is 5.91 Å². The molecule has 1 aromatic heterocycles. The number of nitrogens with zero attached hydrogens (tertiary/aromatic N) is 2. The Morgan fingerprint density at radius 3 is 2.61 bits per heavy atom. The number of primary amides is 1. The highest BCUT2D eigenvalue weighted by Crippen LogP contribution is 2.30. The SMILES string of the molecule is COc1c(Cc2ccc(-c3nccc(O)c3C#N)cc2)cc(F)cc1C(N)=O. The third kappa shape index (κ3) is 3.62. The van der Waals surface area contributed by atoms with E-state index >= 15 is 0 Å². The zero-order chi connectivity index (χ0) is 20.3. The van der Waals surface area contributed by atoms with Gasteiger partial charge in [0.15, 0.2) is 0 Å². The van der Waals surface area contributed by atoms with Crippen LogP contribution in [-0.4, -0.2) is 23.1 Å². The summed E-state index contributed by atoms with van der Waals surface area (Å²) >= 11 is 0. The van der Waals surface area contributed by atoms with Crippen molar-refractivity contribution >= 4 is 5.91 Å². The van der Waals surface area contributed by atoms with E-state index < -0.39 is 11.7 Å². The number of aromatic nitrogens is 1. The standard InChI is InChI=1S/C21H16FN3O3/c1-28-20-14(9-15(22)10-16(20)21(24)27)8-12-2-4-13(5-3-12)19-17(11-23)18(26)6-7-25-19/h2-7,9-10H,8H2,1H3,(H2,24,27)(H,25,26). The van der Waals surface area contributed by atoms with Gasteiger partial charge in [0.1, 0.15) is 28.9 Å². The van der Waals surface area contributed by atoms with Crippen LogP contribution in [0.1, 0.15) is 27.0 Å². The van der Waals surface area contributed by atoms with Crippen molar-refractivity contribution < 1.29 is 19.0 Å². The molecule has 3 N–H and O–H groups in total. The van der Waals surface area contributed by atoms with Gasteiger partial charge in [-0.05, 0) is 23.8 Å². The topological polar surface area (TPSA) is 109 Å². The minimum absolute atomic E-state index is 0.0169. The second-order valence-electron chi connectivity index (χ2n) is 6.05. The van der Waals surface area contributed by atoms with Gasteiger partial charge in [0.2, 0.25) is 0 Å². The molecule has 0 atom stereocenters. The number of pyridine rings is 1. The van der Waals surface area contributed by atoms with Crippen LogP contribution in [0.2, 0.25) is 0 Å². The van der Waals surface area contributed by atoms with Gasteiger partial charge in [-0.15, -0.1) is 0 Å². The highest BCUT2D eigenvalue weighted by Gasteiger charge is 2.17. The lowest BCUT2D eigenvalue weighted by molar-refractivity contribution is 0.0996. The predicted octanol–water partition coefficient (Wildman–Crippen LogP) is 3.16. The maximum Gasteiger partial charge on any atom is 0.252 e. The van der Waals surface area contributed by atoms with Crippen molar-refractivity contribution in [2.45, 2.75) is 6.42 Å². The first-order valence-electron chi connectivity index (χ1n) is 8.28. The van der Waals surface area contributed by atoms with Gasteiger partial charge in [-0.2, -0.15) is 5.26 Å². The maximum atomic E-state index is 13.9. The Hall–Kier alpha value is -3.92. The lowest BCUT2D eigenvalue weighted by atomic mass is 9.98. The number of amides is 1. The minimum atomic E-state index is -0.771. The van der Waals surface area contributed by atoms with Gasteiger partial charge in [-0.25, -0.2) is 4.39 Å². The van der Waals surface area contributed by atoms with Gasteiger partial charge in [-0.1, -0.05) is 24.3 Å². The maximum absolute atomic E-state index is 13.9.